The Kier molecular flexibility index (Phi) is 2.76. The molecule has 1 aliphatic heterocycles. The summed E-state index contributed by atoms with van der Waals surface area (Å²) in [6.07, 6.45) is 3.01. The highest BCUT2D eigenvalue weighted by molar-refractivity contribution is 6.07. The number of fused-ring (bicyclic) bond motifs is 3. The molecule has 2 aliphatic carbocycles. The van der Waals surface area contributed by atoms with Gasteiger partial charge in [-0.15, -0.1) is 0 Å². The molecule has 0 N–H and O–H groups in total. The molecule has 3 nitrogen and oxygen atoms in total. The van der Waals surface area contributed by atoms with E-state index in [2.05, 4.69) is 33.8 Å². The van der Waals surface area contributed by atoms with Gasteiger partial charge < -0.3 is 4.90 Å². The SMILES string of the molecule is C[C@H]1Cc2ccccc2N1C(=O)[C@@]12CC[C@](C)(C(=O)C1)C2(C)C. The molecule has 0 radical (unpaired) electrons. The summed E-state index contributed by atoms with van der Waals surface area (Å²) in [6.45, 7) is 8.45. The number of anilines is 1. The fraction of sp³-hybridized carbons (Fsp3) is 0.600. The number of para-hydroxylation sites is 1. The summed E-state index contributed by atoms with van der Waals surface area (Å²) in [7, 11) is 0. The number of carbonyl (C=O) groups excluding carboxylic acids is 2. The maximum absolute atomic E-state index is 13.7. The summed E-state index contributed by atoms with van der Waals surface area (Å²) >= 11 is 0. The summed E-state index contributed by atoms with van der Waals surface area (Å²) in [4.78, 5) is 28.3. The Hall–Kier alpha value is -1.64. The summed E-state index contributed by atoms with van der Waals surface area (Å²) in [5.41, 5.74) is 1.15. The van der Waals surface area contributed by atoms with E-state index < -0.39 is 5.41 Å². The van der Waals surface area contributed by atoms with Gasteiger partial charge in [0.2, 0.25) is 5.91 Å². The third kappa shape index (κ3) is 1.51. The number of rotatable bonds is 1. The van der Waals surface area contributed by atoms with Crippen LogP contribution < -0.4 is 4.90 Å². The van der Waals surface area contributed by atoms with Gasteiger partial charge in [-0.2, -0.15) is 0 Å². The zero-order chi connectivity index (χ0) is 16.6. The van der Waals surface area contributed by atoms with Crippen molar-refractivity contribution in [1.29, 1.82) is 0 Å². The number of amides is 1. The number of Topliss-reactive ketones (excluding diaryl/α,β-unsaturated/α-hetero) is 1. The molecule has 3 atom stereocenters. The van der Waals surface area contributed by atoms with Crippen LogP contribution in [0.4, 0.5) is 5.69 Å². The van der Waals surface area contributed by atoms with Gasteiger partial charge in [0.25, 0.3) is 0 Å². The molecule has 23 heavy (non-hydrogen) atoms. The first-order valence-electron chi connectivity index (χ1n) is 8.69. The second-order valence-electron chi connectivity index (χ2n) is 8.50. The van der Waals surface area contributed by atoms with Crippen LogP contribution in [0, 0.1) is 16.2 Å². The van der Waals surface area contributed by atoms with E-state index >= 15 is 0 Å². The summed E-state index contributed by atoms with van der Waals surface area (Å²) in [6, 6.07) is 8.37. The van der Waals surface area contributed by atoms with E-state index in [0.29, 0.717) is 6.42 Å². The number of hydrogen-bond acceptors (Lipinski definition) is 2. The van der Waals surface area contributed by atoms with E-state index in [-0.39, 0.29) is 28.6 Å². The predicted molar refractivity (Wildman–Crippen MR) is 90.3 cm³/mol. The normalized spacial score (nSPS) is 37.3. The van der Waals surface area contributed by atoms with Crippen LogP contribution in [0.3, 0.4) is 0 Å². The summed E-state index contributed by atoms with van der Waals surface area (Å²) in [5, 5.41) is 0. The third-order valence-electron chi connectivity index (χ3n) is 7.54. The number of benzene rings is 1. The first-order chi connectivity index (χ1) is 10.7. The standard InChI is InChI=1S/C20H25NO2/c1-13-11-14-7-5-6-8-15(14)21(13)17(23)20-10-9-19(4,16(22)12-20)18(20,2)3/h5-8,13H,9-12H2,1-4H3/t13-,19+,20+/m0/s1. The van der Waals surface area contributed by atoms with Crippen molar-refractivity contribution in [2.75, 3.05) is 4.90 Å². The van der Waals surface area contributed by atoms with E-state index in [0.717, 1.165) is 24.9 Å². The Morgan fingerprint density at radius 1 is 1.17 bits per heavy atom. The van der Waals surface area contributed by atoms with Gasteiger partial charge in [0.15, 0.2) is 0 Å². The van der Waals surface area contributed by atoms with Crippen molar-refractivity contribution in [2.24, 2.45) is 16.2 Å². The van der Waals surface area contributed by atoms with Crippen LogP contribution in [-0.4, -0.2) is 17.7 Å². The van der Waals surface area contributed by atoms with Crippen molar-refractivity contribution in [3.63, 3.8) is 0 Å². The lowest BCUT2D eigenvalue weighted by atomic mass is 9.64. The fourth-order valence-electron chi connectivity index (χ4n) is 5.44. The zero-order valence-electron chi connectivity index (χ0n) is 14.5. The van der Waals surface area contributed by atoms with Crippen LogP contribution in [0.2, 0.25) is 0 Å². The zero-order valence-corrected chi connectivity index (χ0v) is 14.5. The summed E-state index contributed by atoms with van der Waals surface area (Å²) < 4.78 is 0. The molecule has 2 saturated carbocycles. The number of carbonyl (C=O) groups is 2. The van der Waals surface area contributed by atoms with Gasteiger partial charge in [0.05, 0.1) is 5.41 Å². The van der Waals surface area contributed by atoms with Crippen molar-refractivity contribution in [3.05, 3.63) is 29.8 Å². The maximum Gasteiger partial charge on any atom is 0.234 e. The minimum atomic E-state index is -0.523. The largest absolute Gasteiger partial charge is 0.309 e. The molecular weight excluding hydrogens is 286 g/mol. The van der Waals surface area contributed by atoms with Crippen molar-refractivity contribution >= 4 is 17.4 Å². The van der Waals surface area contributed by atoms with Crippen LogP contribution in [0.1, 0.15) is 52.5 Å². The number of hydrogen-bond donors (Lipinski definition) is 0. The molecule has 0 aromatic heterocycles. The van der Waals surface area contributed by atoms with E-state index in [1.165, 1.54) is 5.56 Å². The molecule has 0 saturated heterocycles. The minimum Gasteiger partial charge on any atom is -0.309 e. The molecule has 1 heterocycles. The molecule has 122 valence electrons. The molecule has 2 bridgehead atoms. The van der Waals surface area contributed by atoms with Crippen LogP contribution in [0.5, 0.6) is 0 Å². The molecule has 1 aromatic rings. The Morgan fingerprint density at radius 2 is 1.87 bits per heavy atom. The number of nitrogens with zero attached hydrogens (tertiary/aromatic N) is 1. The topological polar surface area (TPSA) is 37.4 Å². The van der Waals surface area contributed by atoms with Gasteiger partial charge in [-0.25, -0.2) is 0 Å². The minimum absolute atomic E-state index is 0.174. The molecular formula is C20H25NO2. The van der Waals surface area contributed by atoms with Crippen molar-refractivity contribution in [1.82, 2.24) is 0 Å². The van der Waals surface area contributed by atoms with Crippen molar-refractivity contribution < 1.29 is 9.59 Å². The first-order valence-corrected chi connectivity index (χ1v) is 8.69. The highest BCUT2D eigenvalue weighted by Gasteiger charge is 2.73. The molecule has 4 rings (SSSR count). The van der Waals surface area contributed by atoms with Gasteiger partial charge in [0.1, 0.15) is 5.78 Å². The van der Waals surface area contributed by atoms with Crippen molar-refractivity contribution in [3.8, 4) is 0 Å². The lowest BCUT2D eigenvalue weighted by Crippen LogP contribution is -2.50. The lowest BCUT2D eigenvalue weighted by Gasteiger charge is -2.41. The Balaban J connectivity index is 1.80. The monoisotopic (exact) mass is 311 g/mol. The smallest absolute Gasteiger partial charge is 0.234 e. The van der Waals surface area contributed by atoms with E-state index in [1.54, 1.807) is 0 Å². The quantitative estimate of drug-likeness (QED) is 0.792. The highest BCUT2D eigenvalue weighted by Crippen LogP contribution is 2.71. The Bertz CT molecular complexity index is 722. The summed E-state index contributed by atoms with van der Waals surface area (Å²) in [5.74, 6) is 0.455. The van der Waals surface area contributed by atoms with Gasteiger partial charge in [-0.1, -0.05) is 39.0 Å². The first kappa shape index (κ1) is 14.9. The van der Waals surface area contributed by atoms with Crippen LogP contribution in [0.15, 0.2) is 24.3 Å². The van der Waals surface area contributed by atoms with E-state index in [4.69, 9.17) is 0 Å². The van der Waals surface area contributed by atoms with Crippen LogP contribution >= 0.6 is 0 Å². The lowest BCUT2D eigenvalue weighted by molar-refractivity contribution is -0.134. The molecule has 0 unspecified atom stereocenters. The molecule has 3 heteroatoms. The van der Waals surface area contributed by atoms with Gasteiger partial charge in [0, 0.05) is 23.6 Å². The van der Waals surface area contributed by atoms with Gasteiger partial charge in [-0.3, -0.25) is 9.59 Å². The Labute approximate surface area is 138 Å². The van der Waals surface area contributed by atoms with E-state index in [1.807, 2.05) is 23.1 Å². The van der Waals surface area contributed by atoms with Crippen LogP contribution in [0.25, 0.3) is 0 Å². The second kappa shape index (κ2) is 4.25. The average molecular weight is 311 g/mol. The molecule has 0 spiro atoms. The molecule has 1 aromatic carbocycles. The average Bonchev–Trinajstić information content (AvgIpc) is 2.99. The Morgan fingerprint density at radius 3 is 2.48 bits per heavy atom. The van der Waals surface area contributed by atoms with Crippen LogP contribution in [-0.2, 0) is 16.0 Å². The second-order valence-corrected chi connectivity index (χ2v) is 8.50. The maximum atomic E-state index is 13.7. The molecule has 1 amide bonds. The number of ketones is 1. The highest BCUT2D eigenvalue weighted by atomic mass is 16.2. The van der Waals surface area contributed by atoms with E-state index in [9.17, 15) is 9.59 Å². The predicted octanol–water partition coefficient (Wildman–Crippen LogP) is 3.75. The van der Waals surface area contributed by atoms with Crippen molar-refractivity contribution in [2.45, 2.75) is 59.4 Å². The van der Waals surface area contributed by atoms with Gasteiger partial charge >= 0.3 is 0 Å². The molecule has 2 fully saturated rings. The molecule has 3 aliphatic rings. The van der Waals surface area contributed by atoms with Gasteiger partial charge in [-0.05, 0) is 43.2 Å². The fourth-order valence-corrected chi connectivity index (χ4v) is 5.44. The third-order valence-corrected chi connectivity index (χ3v) is 7.54.